The number of sulfone groups is 1. The van der Waals surface area contributed by atoms with Crippen LogP contribution in [0.15, 0.2) is 35.4 Å². The topological polar surface area (TPSA) is 110 Å². The normalized spacial score (nSPS) is 11.4. The minimum absolute atomic E-state index is 0.203. The average molecular weight is 387 g/mol. The van der Waals surface area contributed by atoms with Crippen molar-refractivity contribution in [2.45, 2.75) is 25.2 Å². The van der Waals surface area contributed by atoms with E-state index in [0.29, 0.717) is 29.6 Å². The zero-order valence-electron chi connectivity index (χ0n) is 15.6. The zero-order valence-corrected chi connectivity index (χ0v) is 16.4. The summed E-state index contributed by atoms with van der Waals surface area (Å²) in [7, 11) is -1.85. The molecule has 1 aromatic carbocycles. The van der Waals surface area contributed by atoms with Crippen molar-refractivity contribution in [3.8, 4) is 5.75 Å². The number of nitrogens with one attached hydrogen (secondary N) is 2. The molecule has 9 heteroatoms. The first kappa shape index (κ1) is 18.8. The molecule has 3 aromatic rings. The predicted octanol–water partition coefficient (Wildman–Crippen LogP) is 2.56. The molecule has 27 heavy (non-hydrogen) atoms. The van der Waals surface area contributed by atoms with Gasteiger partial charge in [-0.2, -0.15) is 5.10 Å². The Labute approximate surface area is 157 Å². The third-order valence-corrected chi connectivity index (χ3v) is 5.26. The molecule has 0 atom stereocenters. The molecule has 0 aliphatic heterocycles. The Morgan fingerprint density at radius 1 is 1.22 bits per heavy atom. The molecule has 0 spiro atoms. The van der Waals surface area contributed by atoms with Crippen LogP contribution in [0.25, 0.3) is 0 Å². The summed E-state index contributed by atoms with van der Waals surface area (Å²) in [4.78, 5) is 8.98. The maximum atomic E-state index is 11.9. The number of hydrogen-bond acceptors (Lipinski definition) is 7. The van der Waals surface area contributed by atoms with Gasteiger partial charge in [0.05, 0.1) is 12.0 Å². The number of benzene rings is 1. The lowest BCUT2D eigenvalue weighted by atomic mass is 10.1. The highest BCUT2D eigenvalue weighted by atomic mass is 32.2. The van der Waals surface area contributed by atoms with E-state index in [1.165, 1.54) is 19.4 Å². The Bertz CT molecular complexity index is 1080. The van der Waals surface area contributed by atoms with E-state index >= 15 is 0 Å². The molecule has 2 N–H and O–H groups in total. The van der Waals surface area contributed by atoms with Crippen molar-refractivity contribution in [1.82, 2.24) is 20.2 Å². The number of aromatic amines is 1. The Morgan fingerprint density at radius 3 is 2.63 bits per heavy atom. The summed E-state index contributed by atoms with van der Waals surface area (Å²) in [6.07, 6.45) is 3.19. The second-order valence-corrected chi connectivity index (χ2v) is 8.29. The lowest BCUT2D eigenvalue weighted by Crippen LogP contribution is -2.03. The number of rotatable bonds is 6. The highest BCUT2D eigenvalue weighted by molar-refractivity contribution is 7.90. The van der Waals surface area contributed by atoms with Gasteiger partial charge < -0.3 is 10.1 Å². The van der Waals surface area contributed by atoms with Gasteiger partial charge in [-0.15, -0.1) is 0 Å². The van der Waals surface area contributed by atoms with E-state index in [2.05, 4.69) is 25.5 Å². The highest BCUT2D eigenvalue weighted by Crippen LogP contribution is 2.23. The number of hydrogen-bond donors (Lipinski definition) is 2. The van der Waals surface area contributed by atoms with Gasteiger partial charge in [-0.3, -0.25) is 5.10 Å². The Morgan fingerprint density at radius 2 is 2.00 bits per heavy atom. The maximum Gasteiger partial charge on any atom is 0.175 e. The molecule has 3 rings (SSSR count). The molecular weight excluding hydrogens is 366 g/mol. The fourth-order valence-corrected chi connectivity index (χ4v) is 3.22. The summed E-state index contributed by atoms with van der Waals surface area (Å²) in [5.41, 5.74) is 2.75. The van der Waals surface area contributed by atoms with E-state index in [1.54, 1.807) is 24.4 Å². The fourth-order valence-electron chi connectivity index (χ4n) is 2.53. The van der Waals surface area contributed by atoms with Gasteiger partial charge in [-0.05, 0) is 43.7 Å². The number of ether oxygens (including phenoxy) is 1. The van der Waals surface area contributed by atoms with Crippen LogP contribution < -0.4 is 10.1 Å². The van der Waals surface area contributed by atoms with Crippen LogP contribution in [0, 0.1) is 13.8 Å². The van der Waals surface area contributed by atoms with Crippen molar-refractivity contribution >= 4 is 21.5 Å². The van der Waals surface area contributed by atoms with Gasteiger partial charge in [0, 0.05) is 30.1 Å². The largest absolute Gasteiger partial charge is 0.497 e. The monoisotopic (exact) mass is 387 g/mol. The van der Waals surface area contributed by atoms with Crippen LogP contribution in [-0.2, 0) is 16.3 Å². The van der Waals surface area contributed by atoms with Crippen LogP contribution in [0.3, 0.4) is 0 Å². The van der Waals surface area contributed by atoms with Crippen molar-refractivity contribution in [2.24, 2.45) is 0 Å². The molecule has 0 radical (unpaired) electrons. The van der Waals surface area contributed by atoms with Crippen LogP contribution in [-0.4, -0.2) is 41.9 Å². The van der Waals surface area contributed by atoms with E-state index in [-0.39, 0.29) is 4.90 Å². The average Bonchev–Trinajstić information content (AvgIpc) is 2.93. The molecule has 0 saturated carbocycles. The Balaban J connectivity index is 1.87. The van der Waals surface area contributed by atoms with Gasteiger partial charge in [0.15, 0.2) is 15.7 Å². The van der Waals surface area contributed by atoms with E-state index in [4.69, 9.17) is 4.74 Å². The Hall–Kier alpha value is -2.94. The molecule has 142 valence electrons. The minimum atomic E-state index is -3.35. The van der Waals surface area contributed by atoms with E-state index < -0.39 is 9.84 Å². The van der Waals surface area contributed by atoms with Crippen LogP contribution in [0.1, 0.15) is 22.6 Å². The van der Waals surface area contributed by atoms with E-state index in [0.717, 1.165) is 16.8 Å². The van der Waals surface area contributed by atoms with Gasteiger partial charge in [0.1, 0.15) is 17.4 Å². The quantitative estimate of drug-likeness (QED) is 0.669. The molecule has 0 unspecified atom stereocenters. The second-order valence-electron chi connectivity index (χ2n) is 6.27. The number of aromatic nitrogens is 4. The highest BCUT2D eigenvalue weighted by Gasteiger charge is 2.12. The van der Waals surface area contributed by atoms with Crippen LogP contribution in [0.2, 0.25) is 0 Å². The van der Waals surface area contributed by atoms with Crippen molar-refractivity contribution < 1.29 is 13.2 Å². The van der Waals surface area contributed by atoms with Crippen molar-refractivity contribution in [3.63, 3.8) is 0 Å². The van der Waals surface area contributed by atoms with Crippen molar-refractivity contribution in [2.75, 3.05) is 18.7 Å². The van der Waals surface area contributed by atoms with Crippen molar-refractivity contribution in [3.05, 3.63) is 53.1 Å². The number of nitrogens with zero attached hydrogens (tertiary/aromatic N) is 3. The molecule has 0 aliphatic carbocycles. The van der Waals surface area contributed by atoms with Gasteiger partial charge >= 0.3 is 0 Å². The lowest BCUT2D eigenvalue weighted by molar-refractivity contribution is 0.413. The first-order chi connectivity index (χ1) is 12.8. The van der Waals surface area contributed by atoms with Crippen LogP contribution >= 0.6 is 0 Å². The molecule has 2 aromatic heterocycles. The molecule has 2 heterocycles. The SMILES string of the molecule is COc1cc(Cc2nccc(Nc3n[nH]c(C)c3C)n2)cc(S(C)(=O)=O)c1. The fraction of sp³-hybridized carbons (Fsp3) is 0.278. The van der Waals surface area contributed by atoms with Gasteiger partial charge in [0.2, 0.25) is 0 Å². The molecule has 0 aliphatic rings. The third kappa shape index (κ3) is 4.43. The summed E-state index contributed by atoms with van der Waals surface area (Å²) < 4.78 is 29.0. The molecule has 0 bridgehead atoms. The Kier molecular flexibility index (Phi) is 5.13. The molecular formula is C18H21N5O3S. The van der Waals surface area contributed by atoms with E-state index in [1.807, 2.05) is 13.8 Å². The smallest absolute Gasteiger partial charge is 0.175 e. The molecule has 8 nitrogen and oxygen atoms in total. The summed E-state index contributed by atoms with van der Waals surface area (Å²) in [5, 5.41) is 10.3. The summed E-state index contributed by atoms with van der Waals surface area (Å²) >= 11 is 0. The van der Waals surface area contributed by atoms with E-state index in [9.17, 15) is 8.42 Å². The van der Waals surface area contributed by atoms with Gasteiger partial charge in [-0.1, -0.05) is 0 Å². The maximum absolute atomic E-state index is 11.9. The van der Waals surface area contributed by atoms with Gasteiger partial charge in [0.25, 0.3) is 0 Å². The van der Waals surface area contributed by atoms with Crippen LogP contribution in [0.5, 0.6) is 5.75 Å². The third-order valence-electron chi connectivity index (χ3n) is 4.17. The molecule has 0 saturated heterocycles. The van der Waals surface area contributed by atoms with Crippen molar-refractivity contribution in [1.29, 1.82) is 0 Å². The zero-order chi connectivity index (χ0) is 19.6. The first-order valence-corrected chi connectivity index (χ1v) is 10.1. The standard InChI is InChI=1S/C18H21N5O3S/c1-11-12(2)22-23-18(11)21-16-5-6-19-17(20-16)9-13-7-14(26-3)10-15(8-13)27(4,24)25/h5-8,10H,9H2,1-4H3,(H2,19,20,21,22,23). The predicted molar refractivity (Wildman–Crippen MR) is 102 cm³/mol. The summed E-state index contributed by atoms with van der Waals surface area (Å²) in [5.74, 6) is 2.35. The second kappa shape index (κ2) is 7.36. The number of anilines is 2. The number of H-pyrrole nitrogens is 1. The minimum Gasteiger partial charge on any atom is -0.497 e. The summed E-state index contributed by atoms with van der Waals surface area (Å²) in [6, 6.07) is 6.64. The first-order valence-electron chi connectivity index (χ1n) is 8.25. The number of methoxy groups -OCH3 is 1. The molecule has 0 fully saturated rings. The van der Waals surface area contributed by atoms with Gasteiger partial charge in [-0.25, -0.2) is 18.4 Å². The molecule has 0 amide bonds. The lowest BCUT2D eigenvalue weighted by Gasteiger charge is -2.09. The van der Waals surface area contributed by atoms with Crippen LogP contribution in [0.4, 0.5) is 11.6 Å². The number of aryl methyl sites for hydroxylation is 1. The summed E-state index contributed by atoms with van der Waals surface area (Å²) in [6.45, 7) is 3.91.